The molecule has 1 rings (SSSR count). The summed E-state index contributed by atoms with van der Waals surface area (Å²) >= 11 is 4.69. The summed E-state index contributed by atoms with van der Waals surface area (Å²) in [7, 11) is 0. The number of hydrogen-bond acceptors (Lipinski definition) is 2. The largest absolute Gasteiger partial charge is 0.598 e. The Kier molecular flexibility index (Phi) is 6.50. The summed E-state index contributed by atoms with van der Waals surface area (Å²) in [5, 5.41) is 0. The van der Waals surface area contributed by atoms with Crippen molar-refractivity contribution in [2.45, 2.75) is 44.4 Å². The molecule has 2 atom stereocenters. The molecule has 2 nitrogen and oxygen atoms in total. The molecule has 0 saturated heterocycles. The predicted octanol–water partition coefficient (Wildman–Crippen LogP) is 3.80. The molecule has 0 aliphatic rings. The van der Waals surface area contributed by atoms with Gasteiger partial charge >= 0.3 is 0 Å². The average molecular weight is 288 g/mol. The number of halogens is 1. The van der Waals surface area contributed by atoms with Crippen molar-refractivity contribution in [3.63, 3.8) is 0 Å². The lowest BCUT2D eigenvalue weighted by Gasteiger charge is -2.28. The minimum atomic E-state index is -1.06. The fraction of sp³-hybridized carbons (Fsp3) is 0.571. The van der Waals surface area contributed by atoms with Gasteiger partial charge in [0.2, 0.25) is 0 Å². The lowest BCUT2D eigenvalue weighted by Crippen LogP contribution is -2.41. The van der Waals surface area contributed by atoms with Crippen molar-refractivity contribution < 1.29 is 4.55 Å². The molecule has 0 aliphatic heterocycles. The zero-order valence-corrected chi connectivity index (χ0v) is 12.9. The Balaban J connectivity index is 2.73. The van der Waals surface area contributed by atoms with E-state index in [1.54, 1.807) is 0 Å². The Morgan fingerprint density at radius 2 is 1.89 bits per heavy atom. The number of alkyl halides is 1. The fourth-order valence-electron chi connectivity index (χ4n) is 1.57. The van der Waals surface area contributed by atoms with Crippen LogP contribution in [0.3, 0.4) is 0 Å². The molecule has 0 bridgehead atoms. The molecule has 0 radical (unpaired) electrons. The number of hydrogen-bond donors (Lipinski definition) is 1. The summed E-state index contributed by atoms with van der Waals surface area (Å²) in [5.41, 5.74) is 1.17. The topological polar surface area (TPSA) is 35.1 Å². The van der Waals surface area contributed by atoms with Crippen LogP contribution in [-0.4, -0.2) is 15.2 Å². The first-order valence-electron chi connectivity index (χ1n) is 6.24. The van der Waals surface area contributed by atoms with Crippen molar-refractivity contribution in [3.05, 3.63) is 35.9 Å². The quantitative estimate of drug-likeness (QED) is 0.638. The van der Waals surface area contributed by atoms with Crippen LogP contribution < -0.4 is 4.72 Å². The van der Waals surface area contributed by atoms with Gasteiger partial charge in [-0.25, -0.2) is 0 Å². The molecule has 0 amide bonds. The third-order valence-electron chi connectivity index (χ3n) is 2.63. The van der Waals surface area contributed by atoms with E-state index >= 15 is 0 Å². The summed E-state index contributed by atoms with van der Waals surface area (Å²) in [6.07, 6.45) is 1.81. The first kappa shape index (κ1) is 15.8. The molecular formula is C14H22ClNOS. The third-order valence-corrected chi connectivity index (χ3v) is 4.51. The van der Waals surface area contributed by atoms with Gasteiger partial charge in [0.25, 0.3) is 0 Å². The molecule has 4 heteroatoms. The zero-order valence-electron chi connectivity index (χ0n) is 11.3. The fourth-order valence-corrected chi connectivity index (χ4v) is 2.59. The maximum atomic E-state index is 12.2. The molecule has 1 unspecified atom stereocenters. The van der Waals surface area contributed by atoms with Crippen LogP contribution in [0.15, 0.2) is 30.3 Å². The average Bonchev–Trinajstić information content (AvgIpc) is 2.34. The molecule has 1 aromatic rings. The van der Waals surface area contributed by atoms with Crippen molar-refractivity contribution in [1.29, 1.82) is 0 Å². The maximum Gasteiger partial charge on any atom is 0.136 e. The minimum absolute atomic E-state index is 0.102. The lowest BCUT2D eigenvalue weighted by atomic mass is 10.0. The van der Waals surface area contributed by atoms with E-state index in [0.29, 0.717) is 5.88 Å². The third kappa shape index (κ3) is 5.19. The van der Waals surface area contributed by atoms with Crippen LogP contribution in [0.4, 0.5) is 0 Å². The van der Waals surface area contributed by atoms with Gasteiger partial charge in [-0.2, -0.15) is 0 Å². The standard InChI is InChI=1S/C14H22ClNOS/c1-14(2,3)18(17)16-13(10-7-11-15)12-8-5-4-6-9-12/h4-6,8-9,13,16H,7,10-11H2,1-3H3/t13-,18?/m0/s1. The molecule has 0 aromatic heterocycles. The van der Waals surface area contributed by atoms with E-state index in [-0.39, 0.29) is 10.8 Å². The van der Waals surface area contributed by atoms with Crippen LogP contribution in [0.1, 0.15) is 45.2 Å². The molecule has 1 N–H and O–H groups in total. The molecule has 0 spiro atoms. The molecule has 18 heavy (non-hydrogen) atoms. The highest BCUT2D eigenvalue weighted by molar-refractivity contribution is 7.90. The van der Waals surface area contributed by atoms with Gasteiger partial charge in [-0.3, -0.25) is 0 Å². The second-order valence-corrected chi connectivity index (χ2v) is 7.67. The van der Waals surface area contributed by atoms with E-state index in [4.69, 9.17) is 11.6 Å². The Morgan fingerprint density at radius 3 is 2.39 bits per heavy atom. The van der Waals surface area contributed by atoms with Crippen molar-refractivity contribution in [2.24, 2.45) is 0 Å². The zero-order chi connectivity index (χ0) is 13.6. The van der Waals surface area contributed by atoms with Gasteiger partial charge in [-0.15, -0.1) is 16.3 Å². The second-order valence-electron chi connectivity index (χ2n) is 5.29. The van der Waals surface area contributed by atoms with Crippen molar-refractivity contribution in [2.75, 3.05) is 5.88 Å². The second kappa shape index (κ2) is 7.39. The normalized spacial score (nSPS) is 15.4. The number of rotatable bonds is 6. The summed E-state index contributed by atoms with van der Waals surface area (Å²) < 4.78 is 15.1. The number of benzene rings is 1. The van der Waals surface area contributed by atoms with E-state index in [1.165, 1.54) is 5.56 Å². The Hall–Kier alpha value is -0.220. The molecule has 1 aromatic carbocycles. The van der Waals surface area contributed by atoms with Crippen molar-refractivity contribution >= 4 is 23.0 Å². The minimum Gasteiger partial charge on any atom is -0.598 e. The van der Waals surface area contributed by atoms with Gasteiger partial charge < -0.3 is 4.55 Å². The summed E-state index contributed by atoms with van der Waals surface area (Å²) in [5.74, 6) is 0.632. The van der Waals surface area contributed by atoms with Gasteiger partial charge in [0.1, 0.15) is 4.75 Å². The van der Waals surface area contributed by atoms with Crippen LogP contribution in [0.2, 0.25) is 0 Å². The highest BCUT2D eigenvalue weighted by Gasteiger charge is 2.29. The summed E-state index contributed by atoms with van der Waals surface area (Å²) in [6, 6.07) is 10.2. The Labute approximate surface area is 118 Å². The molecule has 0 aliphatic carbocycles. The lowest BCUT2D eigenvalue weighted by molar-refractivity contribution is 0.510. The van der Waals surface area contributed by atoms with E-state index in [1.807, 2.05) is 39.0 Å². The molecule has 0 fully saturated rings. The molecule has 0 saturated carbocycles. The highest BCUT2D eigenvalue weighted by atomic mass is 35.5. The van der Waals surface area contributed by atoms with Crippen molar-refractivity contribution in [3.8, 4) is 0 Å². The molecule has 102 valence electrons. The Bertz CT molecular complexity index is 339. The smallest absolute Gasteiger partial charge is 0.136 e. The first-order valence-corrected chi connectivity index (χ1v) is 7.92. The summed E-state index contributed by atoms with van der Waals surface area (Å²) in [4.78, 5) is 0. The van der Waals surface area contributed by atoms with Crippen LogP contribution >= 0.6 is 11.6 Å². The van der Waals surface area contributed by atoms with Gasteiger partial charge in [0, 0.05) is 17.2 Å². The predicted molar refractivity (Wildman–Crippen MR) is 80.2 cm³/mol. The Morgan fingerprint density at radius 1 is 1.28 bits per heavy atom. The van der Waals surface area contributed by atoms with E-state index in [2.05, 4.69) is 16.9 Å². The van der Waals surface area contributed by atoms with Gasteiger partial charge in [0.05, 0.1) is 6.04 Å². The van der Waals surface area contributed by atoms with Crippen LogP contribution in [-0.2, 0) is 11.4 Å². The van der Waals surface area contributed by atoms with Gasteiger partial charge in [-0.1, -0.05) is 30.3 Å². The van der Waals surface area contributed by atoms with Gasteiger partial charge in [-0.05, 0) is 39.2 Å². The highest BCUT2D eigenvalue weighted by Crippen LogP contribution is 2.23. The SMILES string of the molecule is CC(C)(C)[S+]([O-])N[C@@H](CCCCl)c1ccccc1. The van der Waals surface area contributed by atoms with E-state index < -0.39 is 11.4 Å². The van der Waals surface area contributed by atoms with E-state index in [0.717, 1.165) is 12.8 Å². The maximum absolute atomic E-state index is 12.2. The van der Waals surface area contributed by atoms with E-state index in [9.17, 15) is 4.55 Å². The molecular weight excluding hydrogens is 266 g/mol. The van der Waals surface area contributed by atoms with Crippen LogP contribution in [0, 0.1) is 0 Å². The van der Waals surface area contributed by atoms with Gasteiger partial charge in [0.15, 0.2) is 0 Å². The monoisotopic (exact) mass is 287 g/mol. The summed E-state index contributed by atoms with van der Waals surface area (Å²) in [6.45, 7) is 5.92. The van der Waals surface area contributed by atoms with Crippen molar-refractivity contribution in [1.82, 2.24) is 4.72 Å². The van der Waals surface area contributed by atoms with Crippen LogP contribution in [0.5, 0.6) is 0 Å². The van der Waals surface area contributed by atoms with Crippen LogP contribution in [0.25, 0.3) is 0 Å². The molecule has 0 heterocycles. The first-order chi connectivity index (χ1) is 8.45. The number of nitrogens with one attached hydrogen (secondary N) is 1.